The summed E-state index contributed by atoms with van der Waals surface area (Å²) in [6.45, 7) is 5.40. The Hall–Kier alpha value is -0.560. The molecule has 1 atom stereocenters. The molecule has 1 rings (SSSR count). The first-order chi connectivity index (χ1) is 4.64. The molecule has 0 bridgehead atoms. The lowest BCUT2D eigenvalue weighted by molar-refractivity contribution is 0.115. The fourth-order valence-corrected chi connectivity index (χ4v) is 1.01. The fraction of sp³-hybridized carbons (Fsp3) is 0.556. The van der Waals surface area contributed by atoms with Crippen LogP contribution in [0, 0.1) is 0 Å². The first kappa shape index (κ1) is 7.55. The van der Waals surface area contributed by atoms with E-state index in [0.717, 1.165) is 0 Å². The minimum atomic E-state index is -0.645. The fourth-order valence-electron chi connectivity index (χ4n) is 1.01. The van der Waals surface area contributed by atoms with Gasteiger partial charge in [-0.3, -0.25) is 0 Å². The number of hydrogen-bond acceptors (Lipinski definition) is 1. The molecule has 10 heavy (non-hydrogen) atoms. The Morgan fingerprint density at radius 2 is 2.30 bits per heavy atom. The highest BCUT2D eigenvalue weighted by atomic mass is 16.3. The third-order valence-electron chi connectivity index (χ3n) is 1.61. The molecule has 0 aromatic heterocycles. The Balaban J connectivity index is 2.48. The zero-order valence-electron chi connectivity index (χ0n) is 6.43. The van der Waals surface area contributed by atoms with Crippen molar-refractivity contribution in [3.63, 3.8) is 0 Å². The van der Waals surface area contributed by atoms with E-state index >= 15 is 0 Å². The van der Waals surface area contributed by atoms with Crippen LogP contribution in [0.2, 0.25) is 0 Å². The number of rotatable bonds is 3. The molecular weight excluding hydrogens is 124 g/mol. The van der Waals surface area contributed by atoms with Crippen molar-refractivity contribution in [1.29, 1.82) is 0 Å². The van der Waals surface area contributed by atoms with Gasteiger partial charge in [0.05, 0.1) is 5.60 Å². The monoisotopic (exact) mass is 138 g/mol. The van der Waals surface area contributed by atoms with Crippen molar-refractivity contribution < 1.29 is 5.11 Å². The first-order valence-electron chi connectivity index (χ1n) is 3.68. The maximum Gasteiger partial charge on any atom is 0.0836 e. The molecule has 0 heterocycles. The van der Waals surface area contributed by atoms with Crippen LogP contribution in [0.5, 0.6) is 0 Å². The molecule has 0 aromatic carbocycles. The van der Waals surface area contributed by atoms with Gasteiger partial charge in [0.2, 0.25) is 0 Å². The lowest BCUT2D eigenvalue weighted by atomic mass is 10.0. The molecule has 0 aromatic rings. The van der Waals surface area contributed by atoms with Crippen LogP contribution in [0.25, 0.3) is 0 Å². The molecule has 1 heteroatoms. The Labute approximate surface area is 62.1 Å². The summed E-state index contributed by atoms with van der Waals surface area (Å²) in [6.07, 6.45) is 6.70. The van der Waals surface area contributed by atoms with Gasteiger partial charge in [0, 0.05) is 0 Å². The topological polar surface area (TPSA) is 20.2 Å². The van der Waals surface area contributed by atoms with Crippen molar-refractivity contribution in [2.75, 3.05) is 0 Å². The van der Waals surface area contributed by atoms with Gasteiger partial charge in [0.15, 0.2) is 0 Å². The van der Waals surface area contributed by atoms with Gasteiger partial charge in [0.1, 0.15) is 0 Å². The number of aliphatic hydroxyl groups is 1. The summed E-state index contributed by atoms with van der Waals surface area (Å²) in [5.41, 5.74) is 0.736. The summed E-state index contributed by atoms with van der Waals surface area (Å²) in [7, 11) is 0. The van der Waals surface area contributed by atoms with Crippen molar-refractivity contribution in [3.8, 4) is 0 Å². The Kier molecular flexibility index (Phi) is 1.95. The van der Waals surface area contributed by atoms with Gasteiger partial charge in [-0.05, 0) is 26.2 Å². The molecule has 1 saturated carbocycles. The zero-order valence-corrected chi connectivity index (χ0v) is 6.43. The van der Waals surface area contributed by atoms with E-state index in [-0.39, 0.29) is 0 Å². The standard InChI is InChI=1S/C9H14O/c1-3-6-9(2,10)7-8-4-5-8/h3,7,10H,1,4-6H2,2H3. The summed E-state index contributed by atoms with van der Waals surface area (Å²) >= 11 is 0. The predicted molar refractivity (Wildman–Crippen MR) is 42.8 cm³/mol. The molecule has 0 aliphatic heterocycles. The van der Waals surface area contributed by atoms with E-state index in [2.05, 4.69) is 6.58 Å². The largest absolute Gasteiger partial charge is 0.386 e. The van der Waals surface area contributed by atoms with Crippen LogP contribution >= 0.6 is 0 Å². The molecule has 1 nitrogen and oxygen atoms in total. The Bertz CT molecular complexity index is 160. The van der Waals surface area contributed by atoms with E-state index in [1.54, 1.807) is 6.08 Å². The molecule has 0 radical (unpaired) electrons. The predicted octanol–water partition coefficient (Wildman–Crippen LogP) is 2.03. The van der Waals surface area contributed by atoms with Crippen LogP contribution < -0.4 is 0 Å². The highest BCUT2D eigenvalue weighted by Gasteiger charge is 2.20. The van der Waals surface area contributed by atoms with Crippen LogP contribution in [-0.2, 0) is 0 Å². The second kappa shape index (κ2) is 2.59. The molecule has 1 fully saturated rings. The average molecular weight is 138 g/mol. The third kappa shape index (κ3) is 2.36. The van der Waals surface area contributed by atoms with Crippen molar-refractivity contribution in [1.82, 2.24) is 0 Å². The summed E-state index contributed by atoms with van der Waals surface area (Å²) < 4.78 is 0. The van der Waals surface area contributed by atoms with E-state index in [1.807, 2.05) is 13.0 Å². The Morgan fingerprint density at radius 3 is 2.70 bits per heavy atom. The van der Waals surface area contributed by atoms with Gasteiger partial charge in [0.25, 0.3) is 0 Å². The van der Waals surface area contributed by atoms with Crippen molar-refractivity contribution >= 4 is 0 Å². The van der Waals surface area contributed by atoms with Gasteiger partial charge in [-0.15, -0.1) is 6.58 Å². The van der Waals surface area contributed by atoms with Gasteiger partial charge in [-0.1, -0.05) is 17.7 Å². The summed E-state index contributed by atoms with van der Waals surface area (Å²) in [6, 6.07) is 0. The highest BCUT2D eigenvalue weighted by molar-refractivity contribution is 5.21. The number of allylic oxidation sites excluding steroid dienone is 1. The van der Waals surface area contributed by atoms with Crippen molar-refractivity contribution in [2.24, 2.45) is 0 Å². The van der Waals surface area contributed by atoms with Crippen LogP contribution in [0.1, 0.15) is 26.2 Å². The first-order valence-corrected chi connectivity index (χ1v) is 3.68. The molecule has 0 spiro atoms. The Morgan fingerprint density at radius 1 is 1.70 bits per heavy atom. The molecule has 56 valence electrons. The lowest BCUT2D eigenvalue weighted by Gasteiger charge is -2.15. The molecule has 1 unspecified atom stereocenters. The summed E-state index contributed by atoms with van der Waals surface area (Å²) in [5, 5.41) is 9.58. The smallest absolute Gasteiger partial charge is 0.0836 e. The molecule has 1 aliphatic carbocycles. The highest BCUT2D eigenvalue weighted by Crippen LogP contribution is 2.31. The summed E-state index contributed by atoms with van der Waals surface area (Å²) in [4.78, 5) is 0. The van der Waals surface area contributed by atoms with E-state index in [1.165, 1.54) is 18.4 Å². The molecule has 1 aliphatic rings. The van der Waals surface area contributed by atoms with Crippen LogP contribution in [0.3, 0.4) is 0 Å². The molecular formula is C9H14O. The van der Waals surface area contributed by atoms with Gasteiger partial charge < -0.3 is 5.11 Å². The van der Waals surface area contributed by atoms with E-state index in [4.69, 9.17) is 0 Å². The molecule has 1 N–H and O–H groups in total. The second-order valence-electron chi connectivity index (χ2n) is 3.15. The normalized spacial score (nSPS) is 21.6. The van der Waals surface area contributed by atoms with Crippen LogP contribution in [0.4, 0.5) is 0 Å². The van der Waals surface area contributed by atoms with Gasteiger partial charge in [-0.25, -0.2) is 0 Å². The van der Waals surface area contributed by atoms with Crippen LogP contribution in [0.15, 0.2) is 24.3 Å². The summed E-state index contributed by atoms with van der Waals surface area (Å²) in [5.74, 6) is 0. The maximum absolute atomic E-state index is 9.58. The molecule has 0 amide bonds. The van der Waals surface area contributed by atoms with E-state index in [0.29, 0.717) is 6.42 Å². The zero-order chi connectivity index (χ0) is 7.61. The molecule has 0 saturated heterocycles. The van der Waals surface area contributed by atoms with Gasteiger partial charge in [-0.2, -0.15) is 0 Å². The SMILES string of the molecule is C=CCC(C)(O)C=C1CC1. The van der Waals surface area contributed by atoms with Crippen molar-refractivity contribution in [3.05, 3.63) is 24.3 Å². The minimum Gasteiger partial charge on any atom is -0.386 e. The van der Waals surface area contributed by atoms with Crippen molar-refractivity contribution in [2.45, 2.75) is 31.8 Å². The average Bonchev–Trinajstić information content (AvgIpc) is 2.48. The minimum absolute atomic E-state index is 0.645. The lowest BCUT2D eigenvalue weighted by Crippen LogP contribution is -2.18. The third-order valence-corrected chi connectivity index (χ3v) is 1.61. The quantitative estimate of drug-likeness (QED) is 0.592. The van der Waals surface area contributed by atoms with Crippen LogP contribution in [-0.4, -0.2) is 10.7 Å². The van der Waals surface area contributed by atoms with E-state index < -0.39 is 5.60 Å². The van der Waals surface area contributed by atoms with E-state index in [9.17, 15) is 5.11 Å². The maximum atomic E-state index is 9.58. The van der Waals surface area contributed by atoms with Gasteiger partial charge >= 0.3 is 0 Å². The second-order valence-corrected chi connectivity index (χ2v) is 3.15. The number of hydrogen-bond donors (Lipinski definition) is 1.